The molecule has 3 heterocycles. The van der Waals surface area contributed by atoms with Crippen molar-refractivity contribution in [3.63, 3.8) is 0 Å². The van der Waals surface area contributed by atoms with Crippen molar-refractivity contribution >= 4 is 120 Å². The number of fused-ring (bicyclic) bond motifs is 3. The number of aliphatic carboxylic acids is 1. The molecular weight excluding hydrogens is 2040 g/mol. The van der Waals surface area contributed by atoms with Crippen molar-refractivity contribution in [2.75, 3.05) is 113 Å². The van der Waals surface area contributed by atoms with Crippen LogP contribution in [0.1, 0.15) is 131 Å². The second-order valence-corrected chi connectivity index (χ2v) is 36.7. The summed E-state index contributed by atoms with van der Waals surface area (Å²) in [5.74, 6) is -5.71. The number of halogens is 16. The minimum absolute atomic E-state index is 0. The number of benzene rings is 9. The molecule has 9 aromatic rings. The second kappa shape index (κ2) is 52.5. The van der Waals surface area contributed by atoms with Crippen LogP contribution < -0.4 is 92.6 Å². The largest absolute Gasteiger partial charge is 1.00 e. The molecule has 15 rings (SSSR count). The van der Waals surface area contributed by atoms with E-state index >= 15 is 0 Å². The van der Waals surface area contributed by atoms with E-state index in [1.54, 1.807) is 135 Å². The first-order chi connectivity index (χ1) is 66.7. The van der Waals surface area contributed by atoms with Crippen LogP contribution in [0.15, 0.2) is 164 Å². The molecule has 0 aromatic heterocycles. The zero-order chi connectivity index (χ0) is 103. The predicted octanol–water partition coefficient (Wildman–Crippen LogP) is 20.2. The fraction of sp³-hybridized carbons (Fsp3) is 0.406. The van der Waals surface area contributed by atoms with Gasteiger partial charge in [-0.3, -0.25) is 33.7 Å². The van der Waals surface area contributed by atoms with Gasteiger partial charge in [0.1, 0.15) is 51.4 Å². The maximum absolute atomic E-state index is 14.4. The van der Waals surface area contributed by atoms with Crippen molar-refractivity contribution in [1.82, 2.24) is 4.90 Å². The van der Waals surface area contributed by atoms with Crippen molar-refractivity contribution in [2.24, 2.45) is 35.5 Å². The Labute approximate surface area is 860 Å². The van der Waals surface area contributed by atoms with E-state index in [-0.39, 0.29) is 129 Å². The van der Waals surface area contributed by atoms with Gasteiger partial charge in [0.25, 0.3) is 11.8 Å². The Balaban J connectivity index is 0.000000235. The van der Waals surface area contributed by atoms with E-state index in [9.17, 15) is 81.5 Å². The zero-order valence-electron chi connectivity index (χ0n) is 79.5. The van der Waals surface area contributed by atoms with Crippen molar-refractivity contribution < 1.29 is 163 Å². The SMILES string of the molecule is C.CCN(C(C)C)C(C)C.COC(=O)C1CC(COc2cc(N)cc(OC)c2)C1.COC(=O)C1CC(COc2cc(NC(C(=O)N3CCc4cc(F)c(OC(F)(F)F)cc43)c3ccc(Cl)cc3)cc(OC)c2)C1.COc1cc(NC(C(=O)N2CCc3cc(F)c(OC(F)(F)F)cc32)c2ccc(Cl)cc2)cc(OCC2CC(C(=O)O)C2)c1.O=C(C(Br)c1ccc(Cl)cc1)N1CCc2cc(F)c(OC(F)(F)F)cc21.[Li+].[OH-]. The number of esters is 2. The van der Waals surface area contributed by atoms with Gasteiger partial charge in [0.15, 0.2) is 34.7 Å². The molecule has 3 unspecified atom stereocenters. The molecule has 144 heavy (non-hydrogen) atoms. The summed E-state index contributed by atoms with van der Waals surface area (Å²) in [6.07, 6.45) is -10.4. The van der Waals surface area contributed by atoms with Crippen LogP contribution in [0.4, 0.5) is 86.8 Å². The molecule has 3 fully saturated rings. The predicted molar refractivity (Wildman–Crippen MR) is 518 cm³/mol. The number of carboxylic acid groups (broad SMARTS) is 1. The summed E-state index contributed by atoms with van der Waals surface area (Å²) < 4.78 is 212. The van der Waals surface area contributed by atoms with E-state index in [2.05, 4.69) is 80.3 Å². The summed E-state index contributed by atoms with van der Waals surface area (Å²) in [5.41, 5.74) is 10.6. The van der Waals surface area contributed by atoms with Gasteiger partial charge in [0.2, 0.25) is 5.91 Å². The fourth-order valence-electron chi connectivity index (χ4n) is 16.9. The Hall–Kier alpha value is -11.6. The van der Waals surface area contributed by atoms with Crippen LogP contribution >= 0.6 is 50.7 Å². The normalized spacial score (nSPS) is 17.3. The average Bonchev–Trinajstić information content (AvgIpc) is 1.63. The Bertz CT molecular complexity index is 5850. The number of methoxy groups -OCH3 is 5. The van der Waals surface area contributed by atoms with Crippen molar-refractivity contribution in [3.8, 4) is 51.7 Å². The molecule has 3 atom stereocenters. The van der Waals surface area contributed by atoms with Crippen LogP contribution in [0.25, 0.3) is 0 Å². The van der Waals surface area contributed by atoms with Crippen LogP contribution in [0, 0.1) is 53.0 Å². The first-order valence-electron chi connectivity index (χ1n) is 44.7. The van der Waals surface area contributed by atoms with E-state index in [4.69, 9.17) is 83.5 Å². The Morgan fingerprint density at radius 1 is 0.444 bits per heavy atom. The quantitative estimate of drug-likeness (QED) is 0.0103. The number of carbonyl (C=O) groups is 6. The smallest absolute Gasteiger partial charge is 0.870 e. The number of nitrogen functional groups attached to an aromatic ring is 1. The van der Waals surface area contributed by atoms with Crippen molar-refractivity contribution in [2.45, 2.75) is 148 Å². The fourth-order valence-corrected chi connectivity index (χ4v) is 17.8. The molecule has 3 amide bonds. The van der Waals surface area contributed by atoms with Crippen LogP contribution in [0.3, 0.4) is 0 Å². The summed E-state index contributed by atoms with van der Waals surface area (Å²) in [4.78, 5) is 80.5. The number of alkyl halides is 10. The first kappa shape index (κ1) is 118. The van der Waals surface area contributed by atoms with E-state index in [1.165, 1.54) is 43.1 Å². The number of anilines is 6. The third kappa shape index (κ3) is 32.5. The van der Waals surface area contributed by atoms with Gasteiger partial charge < -0.3 is 93.8 Å². The number of rotatable bonds is 31. The molecule has 0 radical (unpaired) electrons. The summed E-state index contributed by atoms with van der Waals surface area (Å²) in [5, 5.41) is 16.9. The van der Waals surface area contributed by atoms with Crippen LogP contribution in [-0.2, 0) is 57.5 Å². The number of nitrogens with zero attached hydrogens (tertiary/aromatic N) is 4. The number of ether oxygens (including phenoxy) is 11. The Morgan fingerprint density at radius 3 is 1.01 bits per heavy atom. The molecule has 3 aliphatic heterocycles. The standard InChI is InChI=1S/C31H29ClF4N2O6.C30H27ClF4N2O6.C17H11BrClF4NO2.C14H19NO4.C8H19N.CH4.Li.H2O/c1-41-23-12-22(13-24(14-23)43-16-17-9-20(10-17)30(40)42-2)37-28(18-3-5-21(32)6-4-18)29(39)38-8-7-19-11-25(33)27(15-26(19)38)44-31(34,35)36;1-41-22-11-21(12-23(13-22)42-15-16-8-19(9-16)29(39)40)36-27(17-2-4-20(31)5-3-17)28(38)37-7-6-18-10-24(32)26(14-25(18)37)43-30(33,34)35;18-15(9-1-3-11(19)4-2-9)16(25)24-6-5-10-7-12(20)14(8-13(10)24)26-17(21,22)23;1-17-12-5-11(15)6-13(7-12)19-8-9-3-10(4-9)14(16)18-2;1-6-9(7(2)3)8(4)5;;;/h3-6,11-15,17,20,28,37H,7-10,16H2,1-2H3;2-5,10-14,16,19,27,36H,6-9,15H2,1H3,(H,39,40);1-4,7-8,15H,5-6H2;5-7,9-10H,3-4,8,15H2,1-2H3;7-8H,6H2,1-5H3;1H4;;1H2/q;;;;;;+1;/p-1. The molecule has 776 valence electrons. The summed E-state index contributed by atoms with van der Waals surface area (Å²) in [6, 6.07) is 39.8. The monoisotopic (exact) mass is 2140 g/mol. The second-order valence-electron chi connectivity index (χ2n) is 34.4. The molecular formula is C101H110BrCl3F12LiN7O19. The maximum atomic E-state index is 14.4. The van der Waals surface area contributed by atoms with Gasteiger partial charge >= 0.3 is 55.9 Å². The maximum Gasteiger partial charge on any atom is 1.00 e. The van der Waals surface area contributed by atoms with Crippen LogP contribution in [0.5, 0.6) is 51.7 Å². The summed E-state index contributed by atoms with van der Waals surface area (Å²) in [7, 11) is 7.32. The number of amides is 3. The van der Waals surface area contributed by atoms with E-state index < -0.39 is 88.5 Å². The van der Waals surface area contributed by atoms with Crippen LogP contribution in [-0.4, -0.2) is 164 Å². The molecule has 43 heteroatoms. The van der Waals surface area contributed by atoms with E-state index in [1.807, 2.05) is 0 Å². The molecule has 6 aliphatic rings. The molecule has 0 bridgehead atoms. The molecule has 6 N–H and O–H groups in total. The molecule has 0 spiro atoms. The van der Waals surface area contributed by atoms with Gasteiger partial charge in [-0.1, -0.05) is 101 Å². The van der Waals surface area contributed by atoms with E-state index in [0.29, 0.717) is 170 Å². The Morgan fingerprint density at radius 2 is 0.729 bits per heavy atom. The van der Waals surface area contributed by atoms with Gasteiger partial charge in [0.05, 0.1) is 90.2 Å². The van der Waals surface area contributed by atoms with Crippen molar-refractivity contribution in [1.29, 1.82) is 0 Å². The van der Waals surface area contributed by atoms with Gasteiger partial charge in [-0.25, -0.2) is 13.2 Å². The first-order valence-corrected chi connectivity index (χ1v) is 46.7. The molecule has 3 aliphatic carbocycles. The van der Waals surface area contributed by atoms with Gasteiger partial charge in [-0.15, -0.1) is 39.5 Å². The molecule has 26 nitrogen and oxygen atoms in total. The van der Waals surface area contributed by atoms with Crippen molar-refractivity contribution in [3.05, 3.63) is 230 Å². The number of nitrogens with two attached hydrogens (primary N) is 1. The molecule has 0 saturated heterocycles. The number of carboxylic acids is 1. The summed E-state index contributed by atoms with van der Waals surface area (Å²) >= 11 is 21.3. The number of hydrogen-bond acceptors (Lipinski definition) is 22. The zero-order valence-corrected chi connectivity index (χ0v) is 83.4. The minimum Gasteiger partial charge on any atom is -0.870 e. The molecule has 3 saturated carbocycles. The molecule has 9 aromatic carbocycles. The Kier molecular flexibility index (Phi) is 42.9. The van der Waals surface area contributed by atoms with Gasteiger partial charge in [0, 0.05) is 137 Å². The van der Waals surface area contributed by atoms with E-state index in [0.717, 1.165) is 55.8 Å². The average molecular weight is 2150 g/mol. The topological polar surface area (TPSA) is 317 Å². The minimum atomic E-state index is -5.11. The number of hydrogen-bond donors (Lipinski definition) is 4. The third-order valence-electron chi connectivity index (χ3n) is 24.1. The number of nitrogens with one attached hydrogen (secondary N) is 2. The van der Waals surface area contributed by atoms with Gasteiger partial charge in [-0.05, 0) is 198 Å². The van der Waals surface area contributed by atoms with Crippen LogP contribution in [0.2, 0.25) is 15.1 Å². The summed E-state index contributed by atoms with van der Waals surface area (Å²) in [6.45, 7) is 14.0. The van der Waals surface area contributed by atoms with Gasteiger partial charge in [-0.2, -0.15) is 0 Å². The third-order valence-corrected chi connectivity index (χ3v) is 25.8. The number of carbonyl (C=O) groups excluding carboxylic acids is 5.